The van der Waals surface area contributed by atoms with Crippen molar-refractivity contribution in [1.29, 1.82) is 0 Å². The Morgan fingerprint density at radius 3 is 2.00 bits per heavy atom. The van der Waals surface area contributed by atoms with Crippen LogP contribution in [0.4, 0.5) is 0 Å². The average Bonchev–Trinajstić information content (AvgIpc) is 2.83. The van der Waals surface area contributed by atoms with Gasteiger partial charge in [-0.15, -0.1) is 0 Å². The summed E-state index contributed by atoms with van der Waals surface area (Å²) in [7, 11) is 0. The van der Waals surface area contributed by atoms with Crippen molar-refractivity contribution >= 4 is 35.5 Å². The van der Waals surface area contributed by atoms with E-state index in [2.05, 4.69) is 16.0 Å². The first-order chi connectivity index (χ1) is 16.9. The minimum absolute atomic E-state index is 0.0482. The highest BCUT2D eigenvalue weighted by atomic mass is 32.2. The molecule has 0 fully saturated rings. The molecule has 0 spiro atoms. The third-order valence-electron chi connectivity index (χ3n) is 6.04. The summed E-state index contributed by atoms with van der Waals surface area (Å²) in [6.45, 7) is 7.11. The summed E-state index contributed by atoms with van der Waals surface area (Å²) in [5.74, 6) is -2.69. The molecule has 0 aliphatic heterocycles. The van der Waals surface area contributed by atoms with E-state index in [1.54, 1.807) is 26.0 Å². The van der Waals surface area contributed by atoms with Crippen molar-refractivity contribution in [3.8, 4) is 5.75 Å². The molecular formula is C25H40N4O6S. The first-order valence-corrected chi connectivity index (χ1v) is 13.5. The van der Waals surface area contributed by atoms with Gasteiger partial charge < -0.3 is 31.9 Å². The van der Waals surface area contributed by atoms with E-state index in [0.717, 1.165) is 0 Å². The predicted octanol–water partition coefficient (Wildman–Crippen LogP) is 1.26. The number of amides is 3. The second kappa shape index (κ2) is 15.4. The molecule has 0 saturated carbocycles. The van der Waals surface area contributed by atoms with Gasteiger partial charge in [0.2, 0.25) is 17.7 Å². The fourth-order valence-electron chi connectivity index (χ4n) is 3.40. The molecule has 0 radical (unpaired) electrons. The monoisotopic (exact) mass is 524 g/mol. The Kier molecular flexibility index (Phi) is 13.3. The number of nitrogens with one attached hydrogen (secondary N) is 3. The Morgan fingerprint density at radius 2 is 1.50 bits per heavy atom. The Balaban J connectivity index is 3.15. The molecule has 1 aromatic rings. The maximum atomic E-state index is 13.2. The van der Waals surface area contributed by atoms with Gasteiger partial charge >= 0.3 is 5.97 Å². The number of carbonyl (C=O) groups excluding carboxylic acids is 3. The minimum Gasteiger partial charge on any atom is -0.508 e. The normalized spacial score (nSPS) is 15.3. The molecule has 0 saturated heterocycles. The number of phenols is 1. The largest absolute Gasteiger partial charge is 0.508 e. The molecule has 1 aromatic carbocycles. The van der Waals surface area contributed by atoms with Crippen LogP contribution in [0.3, 0.4) is 0 Å². The van der Waals surface area contributed by atoms with Crippen LogP contribution in [0.15, 0.2) is 24.3 Å². The van der Waals surface area contributed by atoms with Crippen LogP contribution in [0.1, 0.15) is 46.1 Å². The number of carboxylic acid groups (broad SMARTS) is 1. The lowest BCUT2D eigenvalue weighted by Gasteiger charge is -2.26. The van der Waals surface area contributed by atoms with E-state index in [4.69, 9.17) is 5.73 Å². The number of phenolic OH excluding ortho intramolecular Hbond substituents is 1. The summed E-state index contributed by atoms with van der Waals surface area (Å²) >= 11 is 1.51. The van der Waals surface area contributed by atoms with Crippen LogP contribution in [0.2, 0.25) is 0 Å². The van der Waals surface area contributed by atoms with Gasteiger partial charge in [0.1, 0.15) is 23.9 Å². The van der Waals surface area contributed by atoms with Crippen molar-refractivity contribution < 1.29 is 29.4 Å². The number of carbonyl (C=O) groups is 4. The van der Waals surface area contributed by atoms with Crippen LogP contribution >= 0.6 is 11.8 Å². The number of hydrogen-bond donors (Lipinski definition) is 6. The lowest BCUT2D eigenvalue weighted by Crippen LogP contribution is -2.58. The highest BCUT2D eigenvalue weighted by Crippen LogP contribution is 2.13. The number of nitrogens with two attached hydrogens (primary N) is 1. The fraction of sp³-hybridized carbons (Fsp3) is 0.600. The zero-order valence-corrected chi connectivity index (χ0v) is 22.4. The van der Waals surface area contributed by atoms with E-state index in [9.17, 15) is 29.4 Å². The van der Waals surface area contributed by atoms with Crippen molar-refractivity contribution in [2.45, 2.75) is 71.1 Å². The molecule has 0 aliphatic rings. The first kappa shape index (κ1) is 31.2. The van der Waals surface area contributed by atoms with Gasteiger partial charge in [-0.05, 0) is 48.0 Å². The van der Waals surface area contributed by atoms with E-state index in [-0.39, 0.29) is 24.0 Å². The van der Waals surface area contributed by atoms with Gasteiger partial charge in [-0.1, -0.05) is 46.2 Å². The Labute approximate surface area is 217 Å². The summed E-state index contributed by atoms with van der Waals surface area (Å²) in [4.78, 5) is 50.6. The summed E-state index contributed by atoms with van der Waals surface area (Å²) < 4.78 is 0. The van der Waals surface area contributed by atoms with E-state index >= 15 is 0 Å². The molecule has 11 heteroatoms. The van der Waals surface area contributed by atoms with Gasteiger partial charge in [-0.3, -0.25) is 14.4 Å². The van der Waals surface area contributed by atoms with Gasteiger partial charge in [0.25, 0.3) is 0 Å². The topological polar surface area (TPSA) is 171 Å². The van der Waals surface area contributed by atoms with Crippen molar-refractivity contribution in [3.05, 3.63) is 29.8 Å². The SMILES string of the molecule is CCC(C)C(N)C(=O)NC(CCSC)C(=O)NC(Cc1ccc(O)cc1)C(=O)NC(C(=O)O)C(C)C. The Morgan fingerprint density at radius 1 is 0.944 bits per heavy atom. The van der Waals surface area contributed by atoms with Crippen LogP contribution in [-0.2, 0) is 25.6 Å². The van der Waals surface area contributed by atoms with Gasteiger partial charge in [-0.25, -0.2) is 4.79 Å². The summed E-state index contributed by atoms with van der Waals surface area (Å²) in [6.07, 6.45) is 2.95. The van der Waals surface area contributed by atoms with Crippen molar-refractivity contribution in [3.63, 3.8) is 0 Å². The molecule has 5 unspecified atom stereocenters. The van der Waals surface area contributed by atoms with Crippen LogP contribution < -0.4 is 21.7 Å². The van der Waals surface area contributed by atoms with Crippen molar-refractivity contribution in [1.82, 2.24) is 16.0 Å². The molecule has 7 N–H and O–H groups in total. The van der Waals surface area contributed by atoms with E-state index in [1.807, 2.05) is 20.1 Å². The standard InChI is InChI=1S/C25H40N4O6S/c1-6-15(4)20(26)24(33)27-18(11-12-36-5)22(31)28-19(13-16-7-9-17(30)10-8-16)23(32)29-21(14(2)3)25(34)35/h7-10,14-15,18-21,30H,6,11-13,26H2,1-5H3,(H,27,33)(H,28,31)(H,29,32)(H,34,35). The molecule has 202 valence electrons. The maximum Gasteiger partial charge on any atom is 0.326 e. The molecule has 0 aromatic heterocycles. The highest BCUT2D eigenvalue weighted by Gasteiger charge is 2.31. The Bertz CT molecular complexity index is 880. The summed E-state index contributed by atoms with van der Waals surface area (Å²) in [5, 5.41) is 26.9. The van der Waals surface area contributed by atoms with Crippen molar-refractivity contribution in [2.75, 3.05) is 12.0 Å². The summed E-state index contributed by atoms with van der Waals surface area (Å²) in [5.41, 5.74) is 6.68. The molecule has 5 atom stereocenters. The quantitative estimate of drug-likeness (QED) is 0.199. The number of aliphatic carboxylic acids is 1. The number of thioether (sulfide) groups is 1. The smallest absolute Gasteiger partial charge is 0.326 e. The third kappa shape index (κ3) is 10.1. The average molecular weight is 525 g/mol. The molecule has 0 aliphatic carbocycles. The van der Waals surface area contributed by atoms with Gasteiger partial charge in [-0.2, -0.15) is 11.8 Å². The second-order valence-corrected chi connectivity index (χ2v) is 10.2. The fourth-order valence-corrected chi connectivity index (χ4v) is 3.87. The van der Waals surface area contributed by atoms with Gasteiger partial charge in [0, 0.05) is 6.42 Å². The zero-order chi connectivity index (χ0) is 27.4. The van der Waals surface area contributed by atoms with E-state index in [0.29, 0.717) is 24.2 Å². The molecule has 10 nitrogen and oxygen atoms in total. The second-order valence-electron chi connectivity index (χ2n) is 9.25. The van der Waals surface area contributed by atoms with Gasteiger partial charge in [0.15, 0.2) is 0 Å². The zero-order valence-electron chi connectivity index (χ0n) is 21.6. The molecule has 36 heavy (non-hydrogen) atoms. The molecule has 1 rings (SSSR count). The minimum atomic E-state index is -1.18. The van der Waals surface area contributed by atoms with E-state index < -0.39 is 47.9 Å². The highest BCUT2D eigenvalue weighted by molar-refractivity contribution is 7.98. The van der Waals surface area contributed by atoms with Gasteiger partial charge in [0.05, 0.1) is 6.04 Å². The summed E-state index contributed by atoms with van der Waals surface area (Å²) in [6, 6.07) is 2.18. The number of hydrogen-bond acceptors (Lipinski definition) is 7. The lowest BCUT2D eigenvalue weighted by molar-refractivity contribution is -0.143. The number of benzene rings is 1. The molecule has 0 bridgehead atoms. The number of rotatable bonds is 15. The molecule has 3 amide bonds. The van der Waals surface area contributed by atoms with Crippen LogP contribution in [0, 0.1) is 11.8 Å². The molecule has 0 heterocycles. The third-order valence-corrected chi connectivity index (χ3v) is 6.69. The number of carboxylic acids is 1. The number of aromatic hydroxyl groups is 1. The van der Waals surface area contributed by atoms with Crippen LogP contribution in [-0.4, -0.2) is 70.1 Å². The van der Waals surface area contributed by atoms with Crippen molar-refractivity contribution in [2.24, 2.45) is 17.6 Å². The van der Waals surface area contributed by atoms with Crippen LogP contribution in [0.25, 0.3) is 0 Å². The van der Waals surface area contributed by atoms with E-state index in [1.165, 1.54) is 23.9 Å². The molecular weight excluding hydrogens is 484 g/mol. The maximum absolute atomic E-state index is 13.2. The first-order valence-electron chi connectivity index (χ1n) is 12.1. The predicted molar refractivity (Wildman–Crippen MR) is 141 cm³/mol. The Hall–Kier alpha value is -2.79. The van der Waals surface area contributed by atoms with Crippen LogP contribution in [0.5, 0.6) is 5.75 Å². The lowest BCUT2D eigenvalue weighted by atomic mass is 9.98.